The van der Waals surface area contributed by atoms with Crippen LogP contribution in [0.5, 0.6) is 0 Å². The molecule has 0 radical (unpaired) electrons. The summed E-state index contributed by atoms with van der Waals surface area (Å²) in [5.74, 6) is 0.278. The van der Waals surface area contributed by atoms with E-state index in [0.717, 1.165) is 5.69 Å². The van der Waals surface area contributed by atoms with Gasteiger partial charge >= 0.3 is 0 Å². The summed E-state index contributed by atoms with van der Waals surface area (Å²) in [7, 11) is 0. The van der Waals surface area contributed by atoms with Crippen LogP contribution in [-0.4, -0.2) is 21.6 Å². The van der Waals surface area contributed by atoms with Crippen molar-refractivity contribution in [2.45, 2.75) is 52.5 Å². The van der Waals surface area contributed by atoms with E-state index in [4.69, 9.17) is 9.52 Å². The summed E-state index contributed by atoms with van der Waals surface area (Å²) >= 11 is 0. The van der Waals surface area contributed by atoms with Gasteiger partial charge in [-0.1, -0.05) is 20.8 Å². The van der Waals surface area contributed by atoms with Gasteiger partial charge < -0.3 is 15.1 Å². The molecule has 0 saturated carbocycles. The first-order chi connectivity index (χ1) is 13.9. The Hall–Kier alpha value is -3.35. The molecule has 0 fully saturated rings. The standard InChI is InChI=1S/C23H28N4O3/c1-22(2,3)18-14-19(27(26-18)23(4,5)6)25-20(28)15-9-11-16(12-10-15)24-21(29)17-8-7-13-30-17/h7-14H,1-6H3,(H,24,29)(H,25,28). The molecule has 3 rings (SSSR count). The van der Waals surface area contributed by atoms with Crippen LogP contribution in [0.15, 0.2) is 53.1 Å². The van der Waals surface area contributed by atoms with Gasteiger partial charge in [0.15, 0.2) is 5.76 Å². The van der Waals surface area contributed by atoms with Crippen molar-refractivity contribution in [2.24, 2.45) is 0 Å². The maximum Gasteiger partial charge on any atom is 0.291 e. The lowest BCUT2D eigenvalue weighted by Crippen LogP contribution is -2.27. The van der Waals surface area contributed by atoms with Gasteiger partial charge in [-0.3, -0.25) is 9.59 Å². The van der Waals surface area contributed by atoms with Crippen molar-refractivity contribution in [1.82, 2.24) is 9.78 Å². The molecule has 7 heteroatoms. The van der Waals surface area contributed by atoms with Crippen molar-refractivity contribution >= 4 is 23.3 Å². The molecule has 0 atom stereocenters. The smallest absolute Gasteiger partial charge is 0.291 e. The second-order valence-electron chi connectivity index (χ2n) is 9.21. The number of anilines is 2. The molecule has 3 aromatic rings. The maximum atomic E-state index is 12.8. The van der Waals surface area contributed by atoms with Crippen LogP contribution in [0.4, 0.5) is 11.5 Å². The van der Waals surface area contributed by atoms with Gasteiger partial charge in [-0.25, -0.2) is 4.68 Å². The predicted octanol–water partition coefficient (Wildman–Crippen LogP) is 5.03. The summed E-state index contributed by atoms with van der Waals surface area (Å²) in [5.41, 5.74) is 1.53. The third-order valence-electron chi connectivity index (χ3n) is 4.50. The second kappa shape index (κ2) is 7.82. The van der Waals surface area contributed by atoms with Crippen LogP contribution >= 0.6 is 0 Å². The van der Waals surface area contributed by atoms with Crippen molar-refractivity contribution < 1.29 is 14.0 Å². The zero-order valence-corrected chi connectivity index (χ0v) is 18.2. The van der Waals surface area contributed by atoms with Gasteiger partial charge in [0.25, 0.3) is 11.8 Å². The number of carbonyl (C=O) groups excluding carboxylic acids is 2. The van der Waals surface area contributed by atoms with Crippen LogP contribution in [0.2, 0.25) is 0 Å². The monoisotopic (exact) mass is 408 g/mol. The highest BCUT2D eigenvalue weighted by Crippen LogP contribution is 2.28. The summed E-state index contributed by atoms with van der Waals surface area (Å²) in [5, 5.41) is 10.4. The third kappa shape index (κ3) is 4.79. The van der Waals surface area contributed by atoms with Gasteiger partial charge in [-0.2, -0.15) is 5.10 Å². The summed E-state index contributed by atoms with van der Waals surface area (Å²) in [6.45, 7) is 12.4. The van der Waals surface area contributed by atoms with E-state index in [1.807, 2.05) is 31.5 Å². The van der Waals surface area contributed by atoms with E-state index in [0.29, 0.717) is 17.1 Å². The zero-order chi connectivity index (χ0) is 22.1. The first-order valence-electron chi connectivity index (χ1n) is 9.82. The SMILES string of the molecule is CC(C)(C)c1cc(NC(=O)c2ccc(NC(=O)c3ccco3)cc2)n(C(C)(C)C)n1. The summed E-state index contributed by atoms with van der Waals surface area (Å²) in [6.07, 6.45) is 1.44. The average molecular weight is 409 g/mol. The quantitative estimate of drug-likeness (QED) is 0.633. The Morgan fingerprint density at radius 1 is 0.933 bits per heavy atom. The number of nitrogens with zero attached hydrogens (tertiary/aromatic N) is 2. The first kappa shape index (κ1) is 21.4. The molecule has 2 N–H and O–H groups in total. The van der Waals surface area contributed by atoms with Crippen molar-refractivity contribution in [2.75, 3.05) is 10.6 Å². The van der Waals surface area contributed by atoms with Crippen molar-refractivity contribution in [1.29, 1.82) is 0 Å². The largest absolute Gasteiger partial charge is 0.459 e. The van der Waals surface area contributed by atoms with Crippen LogP contribution < -0.4 is 10.6 Å². The van der Waals surface area contributed by atoms with E-state index in [1.165, 1.54) is 6.26 Å². The highest BCUT2D eigenvalue weighted by molar-refractivity contribution is 6.05. The van der Waals surface area contributed by atoms with E-state index in [2.05, 4.69) is 31.4 Å². The molecule has 2 amide bonds. The molecular formula is C23H28N4O3. The third-order valence-corrected chi connectivity index (χ3v) is 4.50. The summed E-state index contributed by atoms with van der Waals surface area (Å²) in [6, 6.07) is 11.8. The van der Waals surface area contributed by atoms with Crippen molar-refractivity contribution in [3.63, 3.8) is 0 Å². The highest BCUT2D eigenvalue weighted by atomic mass is 16.3. The molecule has 7 nitrogen and oxygen atoms in total. The lowest BCUT2D eigenvalue weighted by Gasteiger charge is -2.23. The minimum absolute atomic E-state index is 0.135. The minimum Gasteiger partial charge on any atom is -0.459 e. The van der Waals surface area contributed by atoms with Gasteiger partial charge in [0.05, 0.1) is 17.5 Å². The Morgan fingerprint density at radius 2 is 1.60 bits per heavy atom. The summed E-state index contributed by atoms with van der Waals surface area (Å²) in [4.78, 5) is 24.9. The van der Waals surface area contributed by atoms with Crippen LogP contribution in [0.25, 0.3) is 0 Å². The summed E-state index contributed by atoms with van der Waals surface area (Å²) < 4.78 is 6.91. The molecule has 0 aliphatic carbocycles. The molecule has 0 aliphatic heterocycles. The number of hydrogen-bond donors (Lipinski definition) is 2. The predicted molar refractivity (Wildman–Crippen MR) is 117 cm³/mol. The van der Waals surface area contributed by atoms with E-state index in [1.54, 1.807) is 36.4 Å². The number of carbonyl (C=O) groups is 2. The first-order valence-corrected chi connectivity index (χ1v) is 9.82. The van der Waals surface area contributed by atoms with E-state index in [-0.39, 0.29) is 28.5 Å². The molecule has 2 heterocycles. The molecule has 1 aromatic carbocycles. The van der Waals surface area contributed by atoms with Crippen LogP contribution in [0.3, 0.4) is 0 Å². The van der Waals surface area contributed by atoms with Gasteiger partial charge in [-0.05, 0) is 57.2 Å². The normalized spacial score (nSPS) is 11.9. The topological polar surface area (TPSA) is 89.2 Å². The van der Waals surface area contributed by atoms with Gasteiger partial charge in [-0.15, -0.1) is 0 Å². The molecule has 0 spiro atoms. The average Bonchev–Trinajstić information content (AvgIpc) is 3.31. The number of furan rings is 1. The maximum absolute atomic E-state index is 12.8. The molecule has 2 aromatic heterocycles. The van der Waals surface area contributed by atoms with Crippen molar-refractivity contribution in [3.05, 3.63) is 65.7 Å². The number of benzene rings is 1. The van der Waals surface area contributed by atoms with Gasteiger partial charge in [0, 0.05) is 22.7 Å². The van der Waals surface area contributed by atoms with Gasteiger partial charge in [0.1, 0.15) is 5.82 Å². The number of aromatic nitrogens is 2. The Morgan fingerprint density at radius 3 is 2.13 bits per heavy atom. The molecular weight excluding hydrogens is 380 g/mol. The van der Waals surface area contributed by atoms with Crippen molar-refractivity contribution in [3.8, 4) is 0 Å². The van der Waals surface area contributed by atoms with Crippen LogP contribution in [0, 0.1) is 0 Å². The van der Waals surface area contributed by atoms with Crippen LogP contribution in [-0.2, 0) is 11.0 Å². The highest BCUT2D eigenvalue weighted by Gasteiger charge is 2.26. The fourth-order valence-corrected chi connectivity index (χ4v) is 2.84. The Labute approximate surface area is 176 Å². The minimum atomic E-state index is -0.346. The molecule has 30 heavy (non-hydrogen) atoms. The van der Waals surface area contributed by atoms with E-state index >= 15 is 0 Å². The molecule has 0 unspecified atom stereocenters. The Bertz CT molecular complexity index is 1030. The number of nitrogens with one attached hydrogen (secondary N) is 2. The molecule has 0 bridgehead atoms. The zero-order valence-electron chi connectivity index (χ0n) is 18.2. The Balaban J connectivity index is 1.76. The van der Waals surface area contributed by atoms with E-state index < -0.39 is 0 Å². The second-order valence-corrected chi connectivity index (χ2v) is 9.21. The fourth-order valence-electron chi connectivity index (χ4n) is 2.84. The van der Waals surface area contributed by atoms with Crippen LogP contribution in [0.1, 0.15) is 68.1 Å². The lowest BCUT2D eigenvalue weighted by molar-refractivity contribution is 0.0995. The number of rotatable bonds is 4. The number of hydrogen-bond acceptors (Lipinski definition) is 4. The lowest BCUT2D eigenvalue weighted by atomic mass is 9.92. The molecule has 0 aliphatic rings. The molecule has 0 saturated heterocycles. The Kier molecular flexibility index (Phi) is 5.57. The molecule has 158 valence electrons. The fraction of sp³-hybridized carbons (Fsp3) is 0.348. The van der Waals surface area contributed by atoms with Gasteiger partial charge in [0.2, 0.25) is 0 Å². The number of amides is 2. The van der Waals surface area contributed by atoms with E-state index in [9.17, 15) is 9.59 Å².